The van der Waals surface area contributed by atoms with Crippen LogP contribution in [0.15, 0.2) is 5.57 Å². The predicted octanol–water partition coefficient (Wildman–Crippen LogP) is 2.75. The Morgan fingerprint density at radius 3 is 2.38 bits per heavy atom. The first-order valence-corrected chi connectivity index (χ1v) is 4.95. The summed E-state index contributed by atoms with van der Waals surface area (Å²) in [5.74, 6) is 0.116. The third-order valence-corrected chi connectivity index (χ3v) is 2.86. The molecule has 2 nitrogen and oxygen atoms in total. The number of carbonyl (C=O) groups is 1. The molecule has 0 saturated heterocycles. The zero-order valence-corrected chi connectivity index (χ0v) is 9.16. The molecule has 0 fully saturated rings. The van der Waals surface area contributed by atoms with Crippen molar-refractivity contribution in [2.45, 2.75) is 27.7 Å². The minimum absolute atomic E-state index is 0.116. The molecular weight excluding hydrogens is 182 g/mol. The molecule has 0 unspecified atom stereocenters. The molecule has 0 amide bonds. The maximum absolute atomic E-state index is 11.0. The first-order valence-electron chi connectivity index (χ1n) is 4.14. The fourth-order valence-electron chi connectivity index (χ4n) is 0.979. The highest BCUT2D eigenvalue weighted by Crippen LogP contribution is 2.20. The molecule has 1 heterocycles. The van der Waals surface area contributed by atoms with Crippen LogP contribution in [-0.4, -0.2) is 10.8 Å². The minimum atomic E-state index is 0.116. The topological polar surface area (TPSA) is 30.0 Å². The summed E-state index contributed by atoms with van der Waals surface area (Å²) < 4.78 is 0. The first-order chi connectivity index (χ1) is 6.00. The lowest BCUT2D eigenvalue weighted by molar-refractivity contribution is -0.113. The van der Waals surface area contributed by atoms with Gasteiger partial charge in [-0.25, -0.2) is 4.98 Å². The summed E-state index contributed by atoms with van der Waals surface area (Å²) >= 11 is 1.62. The summed E-state index contributed by atoms with van der Waals surface area (Å²) in [6, 6.07) is 0. The summed E-state index contributed by atoms with van der Waals surface area (Å²) in [5, 5.41) is 1.04. The van der Waals surface area contributed by atoms with Crippen LogP contribution < -0.4 is 0 Å². The van der Waals surface area contributed by atoms with Crippen LogP contribution in [0.25, 0.3) is 6.08 Å². The Morgan fingerprint density at radius 1 is 1.38 bits per heavy atom. The lowest BCUT2D eigenvalue weighted by atomic mass is 10.2. The van der Waals surface area contributed by atoms with Crippen molar-refractivity contribution in [2.75, 3.05) is 0 Å². The highest BCUT2D eigenvalue weighted by atomic mass is 32.1. The molecule has 0 N–H and O–H groups in total. The van der Waals surface area contributed by atoms with Gasteiger partial charge in [-0.2, -0.15) is 0 Å². The van der Waals surface area contributed by atoms with Crippen molar-refractivity contribution >= 4 is 23.2 Å². The lowest BCUT2D eigenvalue weighted by Gasteiger charge is -1.92. The molecule has 1 aromatic heterocycles. The monoisotopic (exact) mass is 195 g/mol. The maximum Gasteiger partial charge on any atom is 0.155 e. The van der Waals surface area contributed by atoms with E-state index < -0.39 is 0 Å². The van der Waals surface area contributed by atoms with E-state index in [0.29, 0.717) is 0 Å². The van der Waals surface area contributed by atoms with E-state index in [1.807, 2.05) is 26.8 Å². The Labute approximate surface area is 82.3 Å². The summed E-state index contributed by atoms with van der Waals surface area (Å²) in [5.41, 5.74) is 1.79. The van der Waals surface area contributed by atoms with Crippen LogP contribution >= 0.6 is 11.3 Å². The largest absolute Gasteiger partial charge is 0.295 e. The second kappa shape index (κ2) is 3.83. The molecule has 0 saturated carbocycles. The van der Waals surface area contributed by atoms with Crippen molar-refractivity contribution in [3.8, 4) is 0 Å². The summed E-state index contributed by atoms with van der Waals surface area (Å²) in [7, 11) is 0. The van der Waals surface area contributed by atoms with Crippen LogP contribution in [0.4, 0.5) is 0 Å². The Morgan fingerprint density at radius 2 is 2.00 bits per heavy atom. The molecule has 70 valence electrons. The molecule has 0 aliphatic rings. The normalized spacial score (nSPS) is 11.8. The van der Waals surface area contributed by atoms with E-state index in [1.54, 1.807) is 18.3 Å². The van der Waals surface area contributed by atoms with Crippen LogP contribution in [0.2, 0.25) is 0 Å². The third-order valence-electron chi connectivity index (χ3n) is 1.84. The van der Waals surface area contributed by atoms with Gasteiger partial charge in [0.2, 0.25) is 0 Å². The fourth-order valence-corrected chi connectivity index (χ4v) is 1.91. The highest BCUT2D eigenvalue weighted by molar-refractivity contribution is 7.12. The molecule has 0 aliphatic carbocycles. The highest BCUT2D eigenvalue weighted by Gasteiger charge is 2.03. The molecular formula is C10H13NOS. The summed E-state index contributed by atoms with van der Waals surface area (Å²) in [6.07, 6.45) is 1.91. The van der Waals surface area contributed by atoms with Gasteiger partial charge in [0.15, 0.2) is 5.78 Å². The Bertz CT molecular complexity index is 363. The van der Waals surface area contributed by atoms with Crippen molar-refractivity contribution < 1.29 is 4.79 Å². The Hall–Kier alpha value is -0.960. The van der Waals surface area contributed by atoms with E-state index in [4.69, 9.17) is 0 Å². The first kappa shape index (κ1) is 10.1. The molecule has 3 heteroatoms. The van der Waals surface area contributed by atoms with Crippen molar-refractivity contribution in [2.24, 2.45) is 0 Å². The number of rotatable bonds is 2. The van der Waals surface area contributed by atoms with Gasteiger partial charge in [-0.05, 0) is 39.3 Å². The fraction of sp³-hybridized carbons (Fsp3) is 0.400. The molecule has 0 aromatic carbocycles. The molecule has 13 heavy (non-hydrogen) atoms. The number of hydrogen-bond acceptors (Lipinski definition) is 3. The van der Waals surface area contributed by atoms with Gasteiger partial charge < -0.3 is 0 Å². The maximum atomic E-state index is 11.0. The van der Waals surface area contributed by atoms with Gasteiger partial charge in [0.05, 0.1) is 15.6 Å². The number of ketones is 1. The zero-order chi connectivity index (χ0) is 10.0. The SMILES string of the molecule is CC(=O)/C(C)=C/c1sc(C)nc1C. The Kier molecular flexibility index (Phi) is 2.98. The van der Waals surface area contributed by atoms with E-state index in [9.17, 15) is 4.79 Å². The zero-order valence-electron chi connectivity index (χ0n) is 8.34. The van der Waals surface area contributed by atoms with E-state index in [2.05, 4.69) is 4.98 Å². The van der Waals surface area contributed by atoms with Crippen LogP contribution in [0.1, 0.15) is 29.4 Å². The number of nitrogens with zero attached hydrogens (tertiary/aromatic N) is 1. The predicted molar refractivity (Wildman–Crippen MR) is 55.9 cm³/mol. The average molecular weight is 195 g/mol. The van der Waals surface area contributed by atoms with E-state index in [-0.39, 0.29) is 5.78 Å². The van der Waals surface area contributed by atoms with Crippen LogP contribution in [-0.2, 0) is 4.79 Å². The summed E-state index contributed by atoms with van der Waals surface area (Å²) in [4.78, 5) is 16.4. The quantitative estimate of drug-likeness (QED) is 0.679. The van der Waals surface area contributed by atoms with Crippen LogP contribution in [0, 0.1) is 13.8 Å². The van der Waals surface area contributed by atoms with Crippen molar-refractivity contribution in [3.05, 3.63) is 21.2 Å². The van der Waals surface area contributed by atoms with Gasteiger partial charge in [0.1, 0.15) is 0 Å². The molecule has 0 spiro atoms. The number of hydrogen-bond donors (Lipinski definition) is 0. The van der Waals surface area contributed by atoms with Crippen molar-refractivity contribution in [1.82, 2.24) is 4.98 Å². The molecule has 0 bridgehead atoms. The molecule has 1 aromatic rings. The van der Waals surface area contributed by atoms with Gasteiger partial charge in [-0.1, -0.05) is 0 Å². The summed E-state index contributed by atoms with van der Waals surface area (Å²) in [6.45, 7) is 7.34. The van der Waals surface area contributed by atoms with Gasteiger partial charge >= 0.3 is 0 Å². The van der Waals surface area contributed by atoms with Crippen molar-refractivity contribution in [1.29, 1.82) is 0 Å². The molecule has 0 atom stereocenters. The third kappa shape index (κ3) is 2.49. The van der Waals surface area contributed by atoms with Crippen molar-refractivity contribution in [3.63, 3.8) is 0 Å². The minimum Gasteiger partial charge on any atom is -0.295 e. The van der Waals surface area contributed by atoms with Crippen LogP contribution in [0.5, 0.6) is 0 Å². The van der Waals surface area contributed by atoms with E-state index in [0.717, 1.165) is 21.2 Å². The Balaban J connectivity index is 3.03. The van der Waals surface area contributed by atoms with Gasteiger partial charge in [-0.15, -0.1) is 11.3 Å². The van der Waals surface area contributed by atoms with E-state index >= 15 is 0 Å². The second-order valence-electron chi connectivity index (χ2n) is 3.07. The molecule has 0 aliphatic heterocycles. The molecule has 1 rings (SSSR count). The molecule has 0 radical (unpaired) electrons. The van der Waals surface area contributed by atoms with Crippen LogP contribution in [0.3, 0.4) is 0 Å². The average Bonchev–Trinajstić information content (AvgIpc) is 2.30. The number of thiazole rings is 1. The standard InChI is InChI=1S/C10H13NOS/c1-6(8(3)12)5-10-7(2)11-9(4)13-10/h5H,1-4H3/b6-5+. The number of aryl methyl sites for hydroxylation is 2. The lowest BCUT2D eigenvalue weighted by Crippen LogP contribution is -1.90. The smallest absolute Gasteiger partial charge is 0.155 e. The second-order valence-corrected chi connectivity index (χ2v) is 4.30. The van der Waals surface area contributed by atoms with E-state index in [1.165, 1.54) is 0 Å². The number of carbonyl (C=O) groups excluding carboxylic acids is 1. The number of aromatic nitrogens is 1. The van der Waals surface area contributed by atoms with Gasteiger partial charge in [-0.3, -0.25) is 4.79 Å². The number of Topliss-reactive ketones (excluding diaryl/α,β-unsaturated/α-hetero) is 1. The van der Waals surface area contributed by atoms with Gasteiger partial charge in [0, 0.05) is 0 Å². The number of allylic oxidation sites excluding steroid dienone is 1. The van der Waals surface area contributed by atoms with Gasteiger partial charge in [0.25, 0.3) is 0 Å².